The van der Waals surface area contributed by atoms with Crippen LogP contribution in [0.15, 0.2) is 6.33 Å². The molecule has 0 spiro atoms. The number of aliphatic hydroxyl groups is 1. The van der Waals surface area contributed by atoms with Crippen molar-refractivity contribution in [2.45, 2.75) is 63.4 Å². The molecule has 19 heavy (non-hydrogen) atoms. The van der Waals surface area contributed by atoms with Crippen molar-refractivity contribution in [3.05, 3.63) is 17.6 Å². The van der Waals surface area contributed by atoms with Crippen LogP contribution in [0.5, 0.6) is 0 Å². The summed E-state index contributed by atoms with van der Waals surface area (Å²) in [5.74, 6) is 0.948. The van der Waals surface area contributed by atoms with Crippen molar-refractivity contribution < 1.29 is 5.11 Å². The Morgan fingerprint density at radius 2 is 1.84 bits per heavy atom. The lowest BCUT2D eigenvalue weighted by molar-refractivity contribution is 0.0166. The molecule has 2 N–H and O–H groups in total. The molecule has 1 heterocycles. The molecule has 0 atom stereocenters. The Kier molecular flexibility index (Phi) is 3.69. The zero-order chi connectivity index (χ0) is 13.1. The van der Waals surface area contributed by atoms with Gasteiger partial charge in [-0.1, -0.05) is 19.3 Å². The van der Waals surface area contributed by atoms with Gasteiger partial charge in [-0.3, -0.25) is 0 Å². The van der Waals surface area contributed by atoms with Crippen LogP contribution in [-0.4, -0.2) is 27.2 Å². The van der Waals surface area contributed by atoms with E-state index < -0.39 is 5.60 Å². The summed E-state index contributed by atoms with van der Waals surface area (Å²) in [6.45, 7) is 0.621. The molecule has 0 radical (unpaired) electrons. The predicted molar refractivity (Wildman–Crippen MR) is 75.2 cm³/mol. The zero-order valence-corrected chi connectivity index (χ0v) is 11.5. The summed E-state index contributed by atoms with van der Waals surface area (Å²) in [6.07, 6.45) is 11.6. The molecule has 0 aromatic carbocycles. The van der Waals surface area contributed by atoms with Gasteiger partial charge in [0.15, 0.2) is 0 Å². The van der Waals surface area contributed by atoms with Gasteiger partial charge in [-0.25, -0.2) is 9.97 Å². The van der Waals surface area contributed by atoms with Crippen molar-refractivity contribution >= 4 is 5.82 Å². The van der Waals surface area contributed by atoms with Crippen LogP contribution < -0.4 is 5.32 Å². The summed E-state index contributed by atoms with van der Waals surface area (Å²) < 4.78 is 0. The van der Waals surface area contributed by atoms with Gasteiger partial charge in [-0.2, -0.15) is 0 Å². The SMILES string of the molecule is OC1(CNc2ncnc3c2CCCC3)CCCCC1. The minimum absolute atomic E-state index is 0.537. The molecule has 1 fully saturated rings. The van der Waals surface area contributed by atoms with E-state index in [9.17, 15) is 5.11 Å². The van der Waals surface area contributed by atoms with Crippen molar-refractivity contribution in [2.75, 3.05) is 11.9 Å². The summed E-state index contributed by atoms with van der Waals surface area (Å²) in [5.41, 5.74) is 1.93. The maximum atomic E-state index is 10.5. The Morgan fingerprint density at radius 3 is 2.68 bits per heavy atom. The van der Waals surface area contributed by atoms with Crippen LogP contribution in [0, 0.1) is 0 Å². The molecule has 2 aliphatic carbocycles. The van der Waals surface area contributed by atoms with Crippen LogP contribution in [0.1, 0.15) is 56.2 Å². The molecule has 2 aliphatic rings. The number of nitrogens with zero attached hydrogens (tertiary/aromatic N) is 2. The maximum Gasteiger partial charge on any atom is 0.132 e. The van der Waals surface area contributed by atoms with Gasteiger partial charge in [0.1, 0.15) is 12.1 Å². The van der Waals surface area contributed by atoms with Crippen molar-refractivity contribution in [3.8, 4) is 0 Å². The summed E-state index contributed by atoms with van der Waals surface area (Å²) in [7, 11) is 0. The minimum atomic E-state index is -0.537. The monoisotopic (exact) mass is 261 g/mol. The van der Waals surface area contributed by atoms with Crippen LogP contribution >= 0.6 is 0 Å². The fourth-order valence-corrected chi connectivity index (χ4v) is 3.31. The van der Waals surface area contributed by atoms with Gasteiger partial charge in [-0.05, 0) is 38.5 Å². The second kappa shape index (κ2) is 5.45. The maximum absolute atomic E-state index is 10.5. The Morgan fingerprint density at radius 1 is 1.05 bits per heavy atom. The number of hydrogen-bond acceptors (Lipinski definition) is 4. The van der Waals surface area contributed by atoms with Gasteiger partial charge in [0.2, 0.25) is 0 Å². The van der Waals surface area contributed by atoms with E-state index >= 15 is 0 Å². The molecule has 1 aromatic heterocycles. The van der Waals surface area contributed by atoms with Gasteiger partial charge in [0.25, 0.3) is 0 Å². The fourth-order valence-electron chi connectivity index (χ4n) is 3.31. The van der Waals surface area contributed by atoms with Gasteiger partial charge in [0.05, 0.1) is 5.60 Å². The summed E-state index contributed by atoms with van der Waals surface area (Å²) in [5, 5.41) is 13.9. The topological polar surface area (TPSA) is 58.0 Å². The van der Waals surface area contributed by atoms with Crippen LogP contribution in [-0.2, 0) is 12.8 Å². The molecule has 0 aliphatic heterocycles. The minimum Gasteiger partial charge on any atom is -0.388 e. The van der Waals surface area contributed by atoms with Gasteiger partial charge in [-0.15, -0.1) is 0 Å². The fraction of sp³-hybridized carbons (Fsp3) is 0.733. The van der Waals surface area contributed by atoms with E-state index in [1.165, 1.54) is 30.5 Å². The zero-order valence-electron chi connectivity index (χ0n) is 11.5. The highest BCUT2D eigenvalue weighted by molar-refractivity contribution is 5.47. The molecule has 0 amide bonds. The number of aromatic nitrogens is 2. The standard InChI is InChI=1S/C15H23N3O/c19-15(8-4-1-5-9-15)10-16-14-12-6-2-3-7-13(12)17-11-18-14/h11,19H,1-10H2,(H,16,17,18). The number of nitrogens with one attached hydrogen (secondary N) is 1. The first-order valence-electron chi connectivity index (χ1n) is 7.56. The molecule has 1 saturated carbocycles. The molecule has 4 nitrogen and oxygen atoms in total. The Balaban J connectivity index is 1.69. The smallest absolute Gasteiger partial charge is 0.132 e. The van der Waals surface area contributed by atoms with Crippen LogP contribution in [0.3, 0.4) is 0 Å². The van der Waals surface area contributed by atoms with E-state index in [0.717, 1.165) is 44.3 Å². The first kappa shape index (κ1) is 12.9. The lowest BCUT2D eigenvalue weighted by Gasteiger charge is -2.32. The van der Waals surface area contributed by atoms with Gasteiger partial charge >= 0.3 is 0 Å². The van der Waals surface area contributed by atoms with Crippen LogP contribution in [0.25, 0.3) is 0 Å². The molecular formula is C15H23N3O. The average Bonchev–Trinajstić information content (AvgIpc) is 2.46. The second-order valence-electron chi connectivity index (χ2n) is 5.99. The normalized spacial score (nSPS) is 21.7. The predicted octanol–water partition coefficient (Wildman–Crippen LogP) is 2.46. The van der Waals surface area contributed by atoms with Crippen LogP contribution in [0.4, 0.5) is 5.82 Å². The third-order valence-corrected chi connectivity index (χ3v) is 4.49. The number of rotatable bonds is 3. The average molecular weight is 261 g/mol. The molecular weight excluding hydrogens is 238 g/mol. The van der Waals surface area contributed by atoms with Crippen molar-refractivity contribution in [1.29, 1.82) is 0 Å². The van der Waals surface area contributed by atoms with Gasteiger partial charge in [0, 0.05) is 17.8 Å². The third-order valence-electron chi connectivity index (χ3n) is 4.49. The van der Waals surface area contributed by atoms with E-state index in [0.29, 0.717) is 6.54 Å². The Labute approximate surface area is 114 Å². The number of anilines is 1. The Bertz CT molecular complexity index is 441. The van der Waals surface area contributed by atoms with E-state index in [-0.39, 0.29) is 0 Å². The first-order valence-corrected chi connectivity index (χ1v) is 7.56. The highest BCUT2D eigenvalue weighted by Gasteiger charge is 2.29. The molecule has 104 valence electrons. The summed E-state index contributed by atoms with van der Waals surface area (Å²) in [4.78, 5) is 8.75. The molecule has 4 heteroatoms. The number of fused-ring (bicyclic) bond motifs is 1. The van der Waals surface area contributed by atoms with Crippen molar-refractivity contribution in [2.24, 2.45) is 0 Å². The van der Waals surface area contributed by atoms with Crippen molar-refractivity contribution in [3.63, 3.8) is 0 Å². The molecule has 0 bridgehead atoms. The lowest BCUT2D eigenvalue weighted by atomic mass is 9.85. The summed E-state index contributed by atoms with van der Waals surface area (Å²) in [6, 6.07) is 0. The molecule has 1 aromatic rings. The Hall–Kier alpha value is -1.16. The number of hydrogen-bond donors (Lipinski definition) is 2. The highest BCUT2D eigenvalue weighted by Crippen LogP contribution is 2.29. The largest absolute Gasteiger partial charge is 0.388 e. The number of aryl methyl sites for hydroxylation is 1. The summed E-state index contributed by atoms with van der Waals surface area (Å²) >= 11 is 0. The van der Waals surface area contributed by atoms with E-state index in [2.05, 4.69) is 15.3 Å². The van der Waals surface area contributed by atoms with Crippen molar-refractivity contribution in [1.82, 2.24) is 9.97 Å². The first-order chi connectivity index (χ1) is 9.27. The quantitative estimate of drug-likeness (QED) is 0.877. The van der Waals surface area contributed by atoms with E-state index in [1.54, 1.807) is 6.33 Å². The lowest BCUT2D eigenvalue weighted by Crippen LogP contribution is -2.39. The van der Waals surface area contributed by atoms with Crippen LogP contribution in [0.2, 0.25) is 0 Å². The molecule has 3 rings (SSSR count). The van der Waals surface area contributed by atoms with E-state index in [1.807, 2.05) is 0 Å². The molecule has 0 saturated heterocycles. The van der Waals surface area contributed by atoms with Gasteiger partial charge < -0.3 is 10.4 Å². The second-order valence-corrected chi connectivity index (χ2v) is 5.99. The third kappa shape index (κ3) is 2.89. The highest BCUT2D eigenvalue weighted by atomic mass is 16.3. The molecule has 0 unspecified atom stereocenters. The van der Waals surface area contributed by atoms with E-state index in [4.69, 9.17) is 0 Å².